The number of hydrogen-bond acceptors (Lipinski definition) is 5. The van der Waals surface area contributed by atoms with Crippen LogP contribution in [0.3, 0.4) is 0 Å². The van der Waals surface area contributed by atoms with Gasteiger partial charge in [0.15, 0.2) is 10.5 Å². The maximum atomic E-state index is 12.5. The number of aryl methyl sites for hydroxylation is 1. The van der Waals surface area contributed by atoms with Crippen LogP contribution in [0, 0.1) is 0 Å². The van der Waals surface area contributed by atoms with Crippen molar-refractivity contribution in [2.45, 2.75) is 26.9 Å². The molecule has 1 aromatic carbocycles. The minimum Gasteiger partial charge on any atom is -0.465 e. The molecule has 136 valence electrons. The zero-order chi connectivity index (χ0) is 18.7. The van der Waals surface area contributed by atoms with Gasteiger partial charge in [-0.25, -0.2) is 0 Å². The first-order valence-corrected chi connectivity index (χ1v) is 9.28. The number of halogens is 1. The number of amides is 1. The summed E-state index contributed by atoms with van der Waals surface area (Å²) in [5.74, 6) is -0.862. The second-order valence-corrected chi connectivity index (χ2v) is 6.81. The second kappa shape index (κ2) is 7.84. The fourth-order valence-electron chi connectivity index (χ4n) is 2.42. The number of fused-ring (bicyclic) bond motifs is 1. The highest BCUT2D eigenvalue weighted by Crippen LogP contribution is 2.22. The molecule has 0 aliphatic rings. The molecule has 0 unspecified atom stereocenters. The predicted molar refractivity (Wildman–Crippen MR) is 99.3 cm³/mol. The van der Waals surface area contributed by atoms with E-state index in [0.717, 1.165) is 10.2 Å². The Morgan fingerprint density at radius 2 is 2.12 bits per heavy atom. The van der Waals surface area contributed by atoms with Crippen LogP contribution < -0.4 is 4.80 Å². The molecule has 0 bridgehead atoms. The Hall–Kier alpha value is -2.45. The number of carbonyl (C=O) groups is 2. The fourth-order valence-corrected chi connectivity index (χ4v) is 3.72. The summed E-state index contributed by atoms with van der Waals surface area (Å²) in [6.07, 6.45) is 1.72. The number of carbonyl (C=O) groups excluding carboxylic acids is 2. The van der Waals surface area contributed by atoms with Crippen LogP contribution in [0.4, 0.5) is 0 Å². The summed E-state index contributed by atoms with van der Waals surface area (Å²) in [5.41, 5.74) is 1.02. The van der Waals surface area contributed by atoms with Gasteiger partial charge >= 0.3 is 5.97 Å². The highest BCUT2D eigenvalue weighted by Gasteiger charge is 2.14. The van der Waals surface area contributed by atoms with E-state index in [0.29, 0.717) is 16.4 Å². The van der Waals surface area contributed by atoms with Crippen LogP contribution in [0.25, 0.3) is 10.2 Å². The number of hydrogen-bond donors (Lipinski definition) is 0. The van der Waals surface area contributed by atoms with Crippen molar-refractivity contribution in [1.29, 1.82) is 0 Å². The normalized spacial score (nSPS) is 11.9. The minimum atomic E-state index is -0.465. The van der Waals surface area contributed by atoms with E-state index in [1.54, 1.807) is 46.6 Å². The van der Waals surface area contributed by atoms with Gasteiger partial charge in [0.2, 0.25) is 0 Å². The van der Waals surface area contributed by atoms with Crippen LogP contribution in [0.1, 0.15) is 24.3 Å². The summed E-state index contributed by atoms with van der Waals surface area (Å²) >= 11 is 7.33. The zero-order valence-corrected chi connectivity index (χ0v) is 15.9. The Balaban J connectivity index is 2.07. The molecule has 0 aliphatic carbocycles. The fraction of sp³-hybridized carbons (Fsp3) is 0.294. The smallest absolute Gasteiger partial charge is 0.326 e. The summed E-state index contributed by atoms with van der Waals surface area (Å²) < 4.78 is 9.16. The molecule has 0 saturated heterocycles. The summed E-state index contributed by atoms with van der Waals surface area (Å²) in [4.78, 5) is 29.0. The molecule has 0 fully saturated rings. The summed E-state index contributed by atoms with van der Waals surface area (Å²) in [5, 5.41) is 4.74. The highest BCUT2D eigenvalue weighted by atomic mass is 35.5. The predicted octanol–water partition coefficient (Wildman–Crippen LogP) is 2.88. The summed E-state index contributed by atoms with van der Waals surface area (Å²) in [6.45, 7) is 4.59. The number of esters is 1. The molecule has 0 atom stereocenters. The third-order valence-corrected chi connectivity index (χ3v) is 4.89. The molecule has 0 spiro atoms. The first-order valence-electron chi connectivity index (χ1n) is 8.08. The number of ether oxygens (including phenoxy) is 1. The Labute approximate surface area is 158 Å². The van der Waals surface area contributed by atoms with Crippen molar-refractivity contribution in [2.24, 2.45) is 4.99 Å². The molecule has 2 heterocycles. The maximum Gasteiger partial charge on any atom is 0.326 e. The Bertz CT molecular complexity index is 1030. The lowest BCUT2D eigenvalue weighted by atomic mass is 10.3. The van der Waals surface area contributed by atoms with Gasteiger partial charge in [0, 0.05) is 17.8 Å². The SMILES string of the molecule is CCOC(=O)Cn1c(=NC(=O)c2ccn(CC)n2)sc2cc(Cl)ccc21. The molecule has 0 saturated carbocycles. The van der Waals surface area contributed by atoms with Crippen LogP contribution in [-0.2, 0) is 22.6 Å². The molecule has 0 N–H and O–H groups in total. The minimum absolute atomic E-state index is 0.0367. The average Bonchev–Trinajstić information content (AvgIpc) is 3.20. The molecule has 3 aromatic rings. The quantitative estimate of drug-likeness (QED) is 0.625. The number of aromatic nitrogens is 3. The molecule has 9 heteroatoms. The third-order valence-electron chi connectivity index (χ3n) is 3.62. The highest BCUT2D eigenvalue weighted by molar-refractivity contribution is 7.16. The van der Waals surface area contributed by atoms with Crippen molar-refractivity contribution >= 4 is 45.0 Å². The first kappa shape index (κ1) is 18.3. The van der Waals surface area contributed by atoms with Gasteiger partial charge in [-0.15, -0.1) is 0 Å². The second-order valence-electron chi connectivity index (χ2n) is 5.36. The lowest BCUT2D eigenvalue weighted by Gasteiger charge is -2.05. The zero-order valence-electron chi connectivity index (χ0n) is 14.3. The third kappa shape index (κ3) is 3.86. The van der Waals surface area contributed by atoms with Crippen LogP contribution >= 0.6 is 22.9 Å². The molecule has 26 heavy (non-hydrogen) atoms. The van der Waals surface area contributed by atoms with Gasteiger partial charge in [-0.3, -0.25) is 14.3 Å². The van der Waals surface area contributed by atoms with Gasteiger partial charge < -0.3 is 9.30 Å². The van der Waals surface area contributed by atoms with Crippen LogP contribution in [0.15, 0.2) is 35.5 Å². The molecule has 1 amide bonds. The Morgan fingerprint density at radius 3 is 2.81 bits per heavy atom. The number of benzene rings is 1. The van der Waals surface area contributed by atoms with Gasteiger partial charge in [0.05, 0.1) is 16.8 Å². The van der Waals surface area contributed by atoms with Gasteiger partial charge in [-0.1, -0.05) is 22.9 Å². The molecule has 0 aliphatic heterocycles. The van der Waals surface area contributed by atoms with E-state index in [2.05, 4.69) is 10.1 Å². The van der Waals surface area contributed by atoms with Gasteiger partial charge in [-0.05, 0) is 38.1 Å². The van der Waals surface area contributed by atoms with E-state index < -0.39 is 11.9 Å². The number of rotatable bonds is 5. The topological polar surface area (TPSA) is 78.5 Å². The van der Waals surface area contributed by atoms with E-state index in [4.69, 9.17) is 16.3 Å². The van der Waals surface area contributed by atoms with Crippen LogP contribution in [0.2, 0.25) is 5.02 Å². The van der Waals surface area contributed by atoms with E-state index in [9.17, 15) is 9.59 Å². The largest absolute Gasteiger partial charge is 0.465 e. The average molecular weight is 393 g/mol. The van der Waals surface area contributed by atoms with E-state index in [1.165, 1.54) is 11.3 Å². The lowest BCUT2D eigenvalue weighted by Crippen LogP contribution is -2.23. The van der Waals surface area contributed by atoms with E-state index >= 15 is 0 Å². The number of nitrogens with zero attached hydrogens (tertiary/aromatic N) is 4. The van der Waals surface area contributed by atoms with Crippen molar-refractivity contribution in [1.82, 2.24) is 14.3 Å². The summed E-state index contributed by atoms with van der Waals surface area (Å²) in [6, 6.07) is 6.92. The Kier molecular flexibility index (Phi) is 5.53. The van der Waals surface area contributed by atoms with Crippen molar-refractivity contribution in [3.63, 3.8) is 0 Å². The standard InChI is InChI=1S/C17H17ClN4O3S/c1-3-21-8-7-12(20-21)16(24)19-17-22(10-15(23)25-4-2)13-6-5-11(18)9-14(13)26-17/h5-9H,3-4,10H2,1-2H3. The summed E-state index contributed by atoms with van der Waals surface area (Å²) in [7, 11) is 0. The van der Waals surface area contributed by atoms with Gasteiger partial charge in [-0.2, -0.15) is 10.1 Å². The van der Waals surface area contributed by atoms with Crippen LogP contribution in [0.5, 0.6) is 0 Å². The molecule has 2 aromatic heterocycles. The van der Waals surface area contributed by atoms with E-state index in [-0.39, 0.29) is 18.8 Å². The molecular weight excluding hydrogens is 376 g/mol. The molecule has 3 rings (SSSR count). The maximum absolute atomic E-state index is 12.5. The van der Waals surface area contributed by atoms with Gasteiger partial charge in [0.1, 0.15) is 6.54 Å². The van der Waals surface area contributed by atoms with Crippen LogP contribution in [-0.4, -0.2) is 32.8 Å². The van der Waals surface area contributed by atoms with Crippen molar-refractivity contribution in [3.05, 3.63) is 46.0 Å². The van der Waals surface area contributed by atoms with Crippen molar-refractivity contribution in [2.75, 3.05) is 6.61 Å². The lowest BCUT2D eigenvalue weighted by molar-refractivity contribution is -0.143. The van der Waals surface area contributed by atoms with Crippen molar-refractivity contribution < 1.29 is 14.3 Å². The Morgan fingerprint density at radius 1 is 1.31 bits per heavy atom. The first-order chi connectivity index (χ1) is 12.5. The van der Waals surface area contributed by atoms with Gasteiger partial charge in [0.25, 0.3) is 5.91 Å². The van der Waals surface area contributed by atoms with Crippen molar-refractivity contribution in [3.8, 4) is 0 Å². The van der Waals surface area contributed by atoms with E-state index in [1.807, 2.05) is 6.92 Å². The molecule has 0 radical (unpaired) electrons. The molecular formula is C17H17ClN4O3S. The molecule has 7 nitrogen and oxygen atoms in total. The monoisotopic (exact) mass is 392 g/mol. The number of thiazole rings is 1.